The fraction of sp³-hybridized carbons (Fsp3) is 0.714. The first-order valence-corrected chi connectivity index (χ1v) is 6.76. The molecule has 0 amide bonds. The van der Waals surface area contributed by atoms with Gasteiger partial charge in [0.05, 0.1) is 6.54 Å². The first-order valence-electron chi connectivity index (χ1n) is 6.76. The number of hydrogen-bond donors (Lipinski definition) is 1. The van der Waals surface area contributed by atoms with Gasteiger partial charge in [-0.2, -0.15) is 0 Å². The van der Waals surface area contributed by atoms with Gasteiger partial charge >= 0.3 is 0 Å². The zero-order chi connectivity index (χ0) is 11.8. The summed E-state index contributed by atoms with van der Waals surface area (Å²) in [4.78, 5) is 2.47. The highest BCUT2D eigenvalue weighted by atomic mass is 16.3. The van der Waals surface area contributed by atoms with Crippen LogP contribution in [0.1, 0.15) is 37.7 Å². The lowest BCUT2D eigenvalue weighted by atomic mass is 10.2. The van der Waals surface area contributed by atoms with E-state index in [1.54, 1.807) is 0 Å². The number of nitrogens with one attached hydrogen (secondary N) is 1. The molecular formula is C14H22N2O. The topological polar surface area (TPSA) is 28.4 Å². The van der Waals surface area contributed by atoms with E-state index in [1.807, 2.05) is 0 Å². The van der Waals surface area contributed by atoms with Crippen LogP contribution in [-0.2, 0) is 6.54 Å². The van der Waals surface area contributed by atoms with Crippen molar-refractivity contribution in [3.8, 4) is 0 Å². The van der Waals surface area contributed by atoms with Crippen LogP contribution < -0.4 is 5.32 Å². The fourth-order valence-electron chi connectivity index (χ4n) is 2.77. The quantitative estimate of drug-likeness (QED) is 0.869. The Bertz CT molecular complexity index is 387. The van der Waals surface area contributed by atoms with Crippen LogP contribution in [0.4, 0.5) is 0 Å². The first-order chi connectivity index (χ1) is 8.22. The molecule has 1 aliphatic carbocycles. The minimum Gasteiger partial charge on any atom is -0.464 e. The first kappa shape index (κ1) is 11.3. The number of hydrogen-bond acceptors (Lipinski definition) is 3. The van der Waals surface area contributed by atoms with Crippen molar-refractivity contribution in [3.05, 3.63) is 23.7 Å². The molecule has 17 heavy (non-hydrogen) atoms. The minimum absolute atomic E-state index is 0.599. The summed E-state index contributed by atoms with van der Waals surface area (Å²) in [5.74, 6) is 3.86. The summed E-state index contributed by atoms with van der Waals surface area (Å²) in [6, 6.07) is 4.93. The molecule has 1 N–H and O–H groups in total. The molecule has 0 bridgehead atoms. The maximum Gasteiger partial charge on any atom is 0.118 e. The molecule has 0 spiro atoms. The van der Waals surface area contributed by atoms with E-state index in [2.05, 4.69) is 36.2 Å². The monoisotopic (exact) mass is 234 g/mol. The molecule has 0 aromatic carbocycles. The predicted octanol–water partition coefficient (Wildman–Crippen LogP) is 2.20. The van der Waals surface area contributed by atoms with Gasteiger partial charge in [0.25, 0.3) is 0 Å². The fourth-order valence-corrected chi connectivity index (χ4v) is 2.77. The molecular weight excluding hydrogens is 212 g/mol. The lowest BCUT2D eigenvalue weighted by Crippen LogP contribution is -2.48. The van der Waals surface area contributed by atoms with Crippen LogP contribution in [0.25, 0.3) is 0 Å². The molecule has 3 heteroatoms. The number of nitrogens with zero attached hydrogens (tertiary/aromatic N) is 1. The minimum atomic E-state index is 0.599. The molecule has 1 saturated carbocycles. The van der Waals surface area contributed by atoms with Crippen LogP contribution >= 0.6 is 0 Å². The molecule has 1 aromatic heterocycles. The van der Waals surface area contributed by atoms with Gasteiger partial charge in [-0.1, -0.05) is 6.92 Å². The molecule has 2 aliphatic rings. The third-order valence-electron chi connectivity index (χ3n) is 3.99. The van der Waals surface area contributed by atoms with Gasteiger partial charge < -0.3 is 9.73 Å². The molecule has 3 unspecified atom stereocenters. The Balaban J connectivity index is 1.59. The van der Waals surface area contributed by atoms with Crippen molar-refractivity contribution in [1.82, 2.24) is 10.2 Å². The van der Waals surface area contributed by atoms with Crippen molar-refractivity contribution in [2.75, 3.05) is 19.6 Å². The molecule has 2 heterocycles. The maximum atomic E-state index is 5.95. The number of furan rings is 1. The van der Waals surface area contributed by atoms with Crippen LogP contribution in [0.3, 0.4) is 0 Å². The average molecular weight is 234 g/mol. The molecule has 0 radical (unpaired) electrons. The summed E-state index contributed by atoms with van der Waals surface area (Å²) in [5, 5.41) is 3.46. The van der Waals surface area contributed by atoms with Gasteiger partial charge in [0.2, 0.25) is 0 Å². The second-order valence-electron chi connectivity index (χ2n) is 5.71. The van der Waals surface area contributed by atoms with Crippen LogP contribution in [-0.4, -0.2) is 30.6 Å². The molecule has 1 saturated heterocycles. The Hall–Kier alpha value is -0.800. The van der Waals surface area contributed by atoms with E-state index in [9.17, 15) is 0 Å². The highest BCUT2D eigenvalue weighted by molar-refractivity contribution is 5.17. The Kier molecular flexibility index (Phi) is 2.97. The van der Waals surface area contributed by atoms with Crippen molar-refractivity contribution < 1.29 is 4.42 Å². The summed E-state index contributed by atoms with van der Waals surface area (Å²) < 4.78 is 5.95. The predicted molar refractivity (Wildman–Crippen MR) is 68.0 cm³/mol. The van der Waals surface area contributed by atoms with E-state index in [1.165, 1.54) is 12.2 Å². The lowest BCUT2D eigenvalue weighted by molar-refractivity contribution is 0.185. The third kappa shape index (κ3) is 2.55. The van der Waals surface area contributed by atoms with Gasteiger partial charge in [0, 0.05) is 31.6 Å². The number of rotatable bonds is 3. The van der Waals surface area contributed by atoms with E-state index in [0.29, 0.717) is 12.0 Å². The van der Waals surface area contributed by atoms with E-state index < -0.39 is 0 Å². The van der Waals surface area contributed by atoms with E-state index in [4.69, 9.17) is 4.42 Å². The smallest absolute Gasteiger partial charge is 0.118 e. The van der Waals surface area contributed by atoms with Crippen molar-refractivity contribution in [2.24, 2.45) is 5.92 Å². The summed E-state index contributed by atoms with van der Waals surface area (Å²) in [6.45, 7) is 8.84. The second kappa shape index (κ2) is 4.46. The third-order valence-corrected chi connectivity index (χ3v) is 3.99. The number of piperazine rings is 1. The summed E-state index contributed by atoms with van der Waals surface area (Å²) in [7, 11) is 0. The van der Waals surface area contributed by atoms with Gasteiger partial charge in [-0.05, 0) is 31.4 Å². The van der Waals surface area contributed by atoms with E-state index in [-0.39, 0.29) is 0 Å². The Morgan fingerprint density at radius 1 is 1.41 bits per heavy atom. The standard InChI is InChI=1S/C14H22N2O/c1-10-7-13(10)14-4-3-12(17-14)9-16-6-5-15-11(2)8-16/h3-4,10-11,13,15H,5-9H2,1-2H3. The van der Waals surface area contributed by atoms with Crippen LogP contribution in [0.2, 0.25) is 0 Å². The zero-order valence-electron chi connectivity index (χ0n) is 10.8. The van der Waals surface area contributed by atoms with Gasteiger partial charge in [-0.3, -0.25) is 4.90 Å². The van der Waals surface area contributed by atoms with Gasteiger partial charge in [-0.15, -0.1) is 0 Å². The van der Waals surface area contributed by atoms with Crippen LogP contribution in [0, 0.1) is 5.92 Å². The lowest BCUT2D eigenvalue weighted by Gasteiger charge is -2.31. The normalized spacial score (nSPS) is 33.9. The summed E-state index contributed by atoms with van der Waals surface area (Å²) >= 11 is 0. The Morgan fingerprint density at radius 2 is 2.24 bits per heavy atom. The largest absolute Gasteiger partial charge is 0.464 e. The summed E-state index contributed by atoms with van der Waals surface area (Å²) in [5.41, 5.74) is 0. The van der Waals surface area contributed by atoms with Crippen LogP contribution in [0.5, 0.6) is 0 Å². The Morgan fingerprint density at radius 3 is 2.94 bits per heavy atom. The SMILES string of the molecule is CC1CN(Cc2ccc(C3CC3C)o2)CCN1. The molecule has 3 nitrogen and oxygen atoms in total. The maximum absolute atomic E-state index is 5.95. The molecule has 3 atom stereocenters. The molecule has 3 rings (SSSR count). The van der Waals surface area contributed by atoms with Gasteiger partial charge in [-0.25, -0.2) is 0 Å². The van der Waals surface area contributed by atoms with Crippen molar-refractivity contribution in [3.63, 3.8) is 0 Å². The molecule has 1 aliphatic heterocycles. The van der Waals surface area contributed by atoms with Gasteiger partial charge in [0.15, 0.2) is 0 Å². The van der Waals surface area contributed by atoms with Crippen molar-refractivity contribution >= 4 is 0 Å². The molecule has 1 aromatic rings. The highest BCUT2D eigenvalue weighted by Crippen LogP contribution is 2.47. The second-order valence-corrected chi connectivity index (χ2v) is 5.71. The summed E-state index contributed by atoms with van der Waals surface area (Å²) in [6.07, 6.45) is 1.30. The van der Waals surface area contributed by atoms with E-state index >= 15 is 0 Å². The molecule has 2 fully saturated rings. The average Bonchev–Trinajstić information content (AvgIpc) is 2.85. The Labute approximate surface area is 103 Å². The van der Waals surface area contributed by atoms with E-state index in [0.717, 1.165) is 37.9 Å². The van der Waals surface area contributed by atoms with Crippen molar-refractivity contribution in [1.29, 1.82) is 0 Å². The zero-order valence-corrected chi connectivity index (χ0v) is 10.8. The van der Waals surface area contributed by atoms with Gasteiger partial charge in [0.1, 0.15) is 11.5 Å². The van der Waals surface area contributed by atoms with Crippen LogP contribution in [0.15, 0.2) is 16.5 Å². The van der Waals surface area contributed by atoms with Crippen molar-refractivity contribution in [2.45, 2.75) is 38.8 Å². The highest BCUT2D eigenvalue weighted by Gasteiger charge is 2.36. The molecule has 94 valence electrons.